The van der Waals surface area contributed by atoms with Crippen LogP contribution in [0.1, 0.15) is 12.8 Å². The van der Waals surface area contributed by atoms with Crippen LogP contribution in [0.4, 0.5) is 0 Å². The Hall–Kier alpha value is -2.40. The predicted molar refractivity (Wildman–Crippen MR) is 64.6 cm³/mol. The van der Waals surface area contributed by atoms with Crippen molar-refractivity contribution in [1.29, 1.82) is 0 Å². The molecule has 2 atom stereocenters. The minimum absolute atomic E-state index is 0.00685. The summed E-state index contributed by atoms with van der Waals surface area (Å²) in [6, 6.07) is -2.65. The van der Waals surface area contributed by atoms with Gasteiger partial charge in [0.2, 0.25) is 5.96 Å². The predicted octanol–water partition coefficient (Wildman–Crippen LogP) is -2.45. The topological polar surface area (TPSA) is 198 Å². The van der Waals surface area contributed by atoms with Crippen molar-refractivity contribution >= 4 is 23.9 Å². The van der Waals surface area contributed by atoms with E-state index in [1.807, 2.05) is 0 Å². The number of hydrogen-bond acceptors (Lipinski definition) is 6. The minimum atomic E-state index is -1.55. The lowest BCUT2D eigenvalue weighted by Gasteiger charge is -2.10. The normalized spacial score (nSPS) is 14.3. The van der Waals surface area contributed by atoms with Crippen LogP contribution in [0.2, 0.25) is 0 Å². The molecular weight excluding hydrogens is 276 g/mol. The Morgan fingerprint density at radius 2 is 1.80 bits per heavy atom. The lowest BCUT2D eigenvalue weighted by molar-refractivity contribution is -0.144. The van der Waals surface area contributed by atoms with Crippen LogP contribution in [-0.2, 0) is 19.2 Å². The van der Waals surface area contributed by atoms with Gasteiger partial charge in [0.15, 0.2) is 6.04 Å². The zero-order valence-electron chi connectivity index (χ0n) is 10.4. The molecule has 0 fully saturated rings. The molecule has 0 aromatic heterocycles. The Labute approximate surface area is 113 Å². The van der Waals surface area contributed by atoms with Gasteiger partial charge in [0.25, 0.3) is 0 Å². The number of nitrogens with two attached hydrogens (primary N) is 2. The van der Waals surface area contributed by atoms with Gasteiger partial charge in [-0.3, -0.25) is 14.4 Å². The first kappa shape index (κ1) is 17.6. The number of rotatable bonds is 9. The molecule has 2 unspecified atom stereocenters. The molecule has 0 aromatic carbocycles. The van der Waals surface area contributed by atoms with Crippen LogP contribution in [-0.4, -0.2) is 57.9 Å². The molecule has 0 spiro atoms. The van der Waals surface area contributed by atoms with Gasteiger partial charge in [0, 0.05) is 0 Å². The summed E-state index contributed by atoms with van der Waals surface area (Å²) in [5.74, 6) is -4.43. The SMILES string of the molecule is NC(=NC(CC(=O)O)C(=O)O)NOCCC(N)C(=O)O. The number of nitrogens with one attached hydrogen (secondary N) is 1. The molecule has 0 aliphatic heterocycles. The van der Waals surface area contributed by atoms with Gasteiger partial charge in [-0.2, -0.15) is 0 Å². The first-order valence-corrected chi connectivity index (χ1v) is 5.38. The summed E-state index contributed by atoms with van der Waals surface area (Å²) >= 11 is 0. The third-order valence-electron chi connectivity index (χ3n) is 1.97. The van der Waals surface area contributed by atoms with Crippen LogP contribution in [0, 0.1) is 0 Å². The van der Waals surface area contributed by atoms with E-state index in [4.69, 9.17) is 31.6 Å². The van der Waals surface area contributed by atoms with Gasteiger partial charge in [-0.15, -0.1) is 0 Å². The van der Waals surface area contributed by atoms with Gasteiger partial charge < -0.3 is 26.8 Å². The fourth-order valence-corrected chi connectivity index (χ4v) is 0.982. The van der Waals surface area contributed by atoms with Gasteiger partial charge in [-0.05, 0) is 6.42 Å². The highest BCUT2D eigenvalue weighted by Crippen LogP contribution is 1.98. The van der Waals surface area contributed by atoms with Gasteiger partial charge in [-0.1, -0.05) is 0 Å². The van der Waals surface area contributed by atoms with Crippen molar-refractivity contribution in [3.63, 3.8) is 0 Å². The number of hydroxylamine groups is 1. The monoisotopic (exact) mass is 292 g/mol. The molecule has 0 saturated heterocycles. The van der Waals surface area contributed by atoms with Crippen LogP contribution >= 0.6 is 0 Å². The summed E-state index contributed by atoms with van der Waals surface area (Å²) in [7, 11) is 0. The highest BCUT2D eigenvalue weighted by Gasteiger charge is 2.20. The standard InChI is InChI=1S/C9H16N4O7/c10-4(7(16)17)1-2-20-13-9(11)12-5(8(18)19)3-6(14)15/h4-5H,1-3,10H2,(H,14,15)(H,16,17)(H,18,19)(H3,11,12,13). The number of aliphatic imine (C=N–C) groups is 1. The van der Waals surface area contributed by atoms with E-state index >= 15 is 0 Å². The molecule has 0 bridgehead atoms. The van der Waals surface area contributed by atoms with E-state index in [0.29, 0.717) is 0 Å². The molecule has 114 valence electrons. The molecule has 0 heterocycles. The molecule has 0 rings (SSSR count). The van der Waals surface area contributed by atoms with Crippen molar-refractivity contribution in [3.05, 3.63) is 0 Å². The highest BCUT2D eigenvalue weighted by molar-refractivity contribution is 5.85. The summed E-state index contributed by atoms with van der Waals surface area (Å²) < 4.78 is 0. The average Bonchev–Trinajstić information content (AvgIpc) is 2.32. The molecular formula is C9H16N4O7. The van der Waals surface area contributed by atoms with Gasteiger partial charge >= 0.3 is 17.9 Å². The fraction of sp³-hybridized carbons (Fsp3) is 0.556. The first-order valence-electron chi connectivity index (χ1n) is 5.38. The van der Waals surface area contributed by atoms with Crippen molar-refractivity contribution in [2.75, 3.05) is 6.61 Å². The lowest BCUT2D eigenvalue weighted by Crippen LogP contribution is -2.37. The number of carboxylic acid groups (broad SMARTS) is 3. The summed E-state index contributed by atoms with van der Waals surface area (Å²) in [5.41, 5.74) is 12.5. The molecule has 0 saturated carbocycles. The van der Waals surface area contributed by atoms with Crippen molar-refractivity contribution in [2.45, 2.75) is 24.9 Å². The second-order valence-corrected chi connectivity index (χ2v) is 3.65. The third-order valence-corrected chi connectivity index (χ3v) is 1.97. The highest BCUT2D eigenvalue weighted by atomic mass is 16.6. The molecule has 0 aliphatic rings. The molecule has 0 amide bonds. The second-order valence-electron chi connectivity index (χ2n) is 3.65. The van der Waals surface area contributed by atoms with E-state index in [-0.39, 0.29) is 13.0 Å². The summed E-state index contributed by atoms with van der Waals surface area (Å²) in [6.45, 7) is -0.111. The maximum absolute atomic E-state index is 10.7. The van der Waals surface area contributed by atoms with E-state index < -0.39 is 42.4 Å². The maximum Gasteiger partial charge on any atom is 0.329 e. The van der Waals surface area contributed by atoms with E-state index in [0.717, 1.165) is 0 Å². The second kappa shape index (κ2) is 8.66. The van der Waals surface area contributed by atoms with Crippen molar-refractivity contribution in [2.24, 2.45) is 16.5 Å². The summed E-state index contributed by atoms with van der Waals surface area (Å²) in [6.07, 6.45) is -0.741. The number of guanidine groups is 1. The summed E-state index contributed by atoms with van der Waals surface area (Å²) in [5, 5.41) is 25.7. The zero-order valence-corrected chi connectivity index (χ0v) is 10.4. The molecule has 0 radical (unpaired) electrons. The van der Waals surface area contributed by atoms with Crippen molar-refractivity contribution in [1.82, 2.24) is 5.48 Å². The molecule has 20 heavy (non-hydrogen) atoms. The molecule has 11 heteroatoms. The Kier molecular flexibility index (Phi) is 7.62. The van der Waals surface area contributed by atoms with E-state index in [2.05, 4.69) is 10.5 Å². The van der Waals surface area contributed by atoms with E-state index in [9.17, 15) is 14.4 Å². The Morgan fingerprint density at radius 1 is 1.20 bits per heavy atom. The van der Waals surface area contributed by atoms with Crippen LogP contribution < -0.4 is 16.9 Å². The smallest absolute Gasteiger partial charge is 0.329 e. The molecule has 11 nitrogen and oxygen atoms in total. The molecule has 0 aromatic rings. The number of nitrogens with zero attached hydrogens (tertiary/aromatic N) is 1. The quantitative estimate of drug-likeness (QED) is 0.115. The number of hydrogen-bond donors (Lipinski definition) is 6. The van der Waals surface area contributed by atoms with Crippen molar-refractivity contribution < 1.29 is 34.5 Å². The number of carboxylic acids is 3. The van der Waals surface area contributed by atoms with Gasteiger partial charge in [0.1, 0.15) is 6.04 Å². The van der Waals surface area contributed by atoms with E-state index in [1.54, 1.807) is 0 Å². The molecule has 8 N–H and O–H groups in total. The van der Waals surface area contributed by atoms with Crippen LogP contribution in [0.25, 0.3) is 0 Å². The number of aliphatic carboxylic acids is 3. The van der Waals surface area contributed by atoms with Crippen molar-refractivity contribution in [3.8, 4) is 0 Å². The van der Waals surface area contributed by atoms with Crippen LogP contribution in [0.5, 0.6) is 0 Å². The van der Waals surface area contributed by atoms with Crippen LogP contribution in [0.3, 0.4) is 0 Å². The van der Waals surface area contributed by atoms with Gasteiger partial charge in [0.05, 0.1) is 13.0 Å². The number of carbonyl (C=O) groups is 3. The maximum atomic E-state index is 10.7. The van der Waals surface area contributed by atoms with E-state index in [1.165, 1.54) is 0 Å². The summed E-state index contributed by atoms with van der Waals surface area (Å²) in [4.78, 5) is 39.6. The minimum Gasteiger partial charge on any atom is -0.481 e. The van der Waals surface area contributed by atoms with Gasteiger partial charge in [-0.25, -0.2) is 15.3 Å². The largest absolute Gasteiger partial charge is 0.481 e. The Bertz CT molecular complexity index is 398. The fourth-order valence-electron chi connectivity index (χ4n) is 0.982. The third kappa shape index (κ3) is 7.84. The first-order chi connectivity index (χ1) is 9.23. The zero-order chi connectivity index (χ0) is 15.7. The Balaban J connectivity index is 4.19. The lowest BCUT2D eigenvalue weighted by atomic mass is 10.2. The van der Waals surface area contributed by atoms with Crippen LogP contribution in [0.15, 0.2) is 4.99 Å². The Morgan fingerprint density at radius 3 is 2.25 bits per heavy atom. The molecule has 0 aliphatic carbocycles. The average molecular weight is 292 g/mol.